The molecular weight excluding hydrogens is 325 g/mol. The Morgan fingerprint density at radius 2 is 2.08 bits per heavy atom. The summed E-state index contributed by atoms with van der Waals surface area (Å²) in [5.74, 6) is -0.303. The van der Waals surface area contributed by atoms with E-state index in [0.29, 0.717) is 5.82 Å². The standard InChI is InChI=1S/C15H23F3N4O2/c1-3-4-11-9-12(21(2)20-11)19-14(24)22-7-5-10(6-8-22)13(23)15(16,17)18/h9-10,13,23H,3-8H2,1-2H3,(H,19,24). The maximum Gasteiger partial charge on any atom is 0.414 e. The van der Waals surface area contributed by atoms with E-state index in [9.17, 15) is 23.1 Å². The highest BCUT2D eigenvalue weighted by Gasteiger charge is 2.44. The molecule has 2 N–H and O–H groups in total. The van der Waals surface area contributed by atoms with Crippen molar-refractivity contribution in [2.24, 2.45) is 13.0 Å². The number of anilines is 1. The van der Waals surface area contributed by atoms with Gasteiger partial charge in [-0.25, -0.2) is 4.79 Å². The first-order chi connectivity index (χ1) is 11.2. The van der Waals surface area contributed by atoms with E-state index in [1.165, 1.54) is 4.90 Å². The minimum Gasteiger partial charge on any atom is -0.383 e. The summed E-state index contributed by atoms with van der Waals surface area (Å²) in [6.45, 7) is 2.40. The molecular formula is C15H23F3N4O2. The smallest absolute Gasteiger partial charge is 0.383 e. The zero-order chi connectivity index (χ0) is 17.9. The molecule has 1 aromatic heterocycles. The van der Waals surface area contributed by atoms with Crippen LogP contribution in [0.3, 0.4) is 0 Å². The van der Waals surface area contributed by atoms with E-state index >= 15 is 0 Å². The number of carbonyl (C=O) groups excluding carboxylic acids is 1. The fraction of sp³-hybridized carbons (Fsp3) is 0.733. The van der Waals surface area contributed by atoms with Crippen LogP contribution in [0.2, 0.25) is 0 Å². The number of rotatable bonds is 4. The third-order valence-electron chi connectivity index (χ3n) is 4.28. The van der Waals surface area contributed by atoms with Crippen molar-refractivity contribution in [3.63, 3.8) is 0 Å². The second-order valence-electron chi connectivity index (χ2n) is 6.14. The van der Waals surface area contributed by atoms with Crippen LogP contribution in [0, 0.1) is 5.92 Å². The maximum atomic E-state index is 12.5. The Morgan fingerprint density at radius 3 is 2.62 bits per heavy atom. The van der Waals surface area contributed by atoms with Crippen molar-refractivity contribution in [3.05, 3.63) is 11.8 Å². The third kappa shape index (κ3) is 4.40. The van der Waals surface area contributed by atoms with Crippen LogP contribution in [0.15, 0.2) is 6.07 Å². The third-order valence-corrected chi connectivity index (χ3v) is 4.28. The lowest BCUT2D eigenvalue weighted by atomic mass is 9.91. The molecule has 0 aromatic carbocycles. The van der Waals surface area contributed by atoms with E-state index in [1.807, 2.05) is 6.92 Å². The Morgan fingerprint density at radius 1 is 1.46 bits per heavy atom. The van der Waals surface area contributed by atoms with Crippen molar-refractivity contribution < 1.29 is 23.1 Å². The zero-order valence-electron chi connectivity index (χ0n) is 13.8. The zero-order valence-corrected chi connectivity index (χ0v) is 13.8. The summed E-state index contributed by atoms with van der Waals surface area (Å²) >= 11 is 0. The molecule has 1 aromatic rings. The molecule has 2 heterocycles. The van der Waals surface area contributed by atoms with Crippen molar-refractivity contribution in [1.29, 1.82) is 0 Å². The van der Waals surface area contributed by atoms with Gasteiger partial charge in [0.1, 0.15) is 5.82 Å². The Kier molecular flexibility index (Phi) is 5.74. The number of nitrogens with one attached hydrogen (secondary N) is 1. The molecule has 0 bridgehead atoms. The van der Waals surface area contributed by atoms with E-state index < -0.39 is 18.2 Å². The number of hydrogen-bond acceptors (Lipinski definition) is 3. The molecule has 136 valence electrons. The topological polar surface area (TPSA) is 70.4 Å². The van der Waals surface area contributed by atoms with Gasteiger partial charge in [-0.15, -0.1) is 0 Å². The summed E-state index contributed by atoms with van der Waals surface area (Å²) in [4.78, 5) is 13.7. The van der Waals surface area contributed by atoms with Crippen LogP contribution < -0.4 is 5.32 Å². The molecule has 0 spiro atoms. The Balaban J connectivity index is 1.89. The van der Waals surface area contributed by atoms with Gasteiger partial charge >= 0.3 is 12.2 Å². The molecule has 1 unspecified atom stereocenters. The van der Waals surface area contributed by atoms with Gasteiger partial charge in [0.2, 0.25) is 0 Å². The number of halogens is 3. The highest BCUT2D eigenvalue weighted by atomic mass is 19.4. The highest BCUT2D eigenvalue weighted by Crippen LogP contribution is 2.31. The molecule has 9 heteroatoms. The van der Waals surface area contributed by atoms with Crippen molar-refractivity contribution in [2.45, 2.75) is 44.9 Å². The molecule has 2 amide bonds. The van der Waals surface area contributed by atoms with Crippen LogP contribution in [0.1, 0.15) is 31.9 Å². The summed E-state index contributed by atoms with van der Waals surface area (Å²) in [7, 11) is 1.72. The van der Waals surface area contributed by atoms with Crippen molar-refractivity contribution in [3.8, 4) is 0 Å². The number of carbonyl (C=O) groups is 1. The number of piperidine rings is 1. The number of nitrogens with zero attached hydrogens (tertiary/aromatic N) is 3. The quantitative estimate of drug-likeness (QED) is 0.878. The van der Waals surface area contributed by atoms with Crippen molar-refractivity contribution in [2.75, 3.05) is 18.4 Å². The SMILES string of the molecule is CCCc1cc(NC(=O)N2CCC(C(O)C(F)(F)F)CC2)n(C)n1. The molecule has 1 fully saturated rings. The minimum atomic E-state index is -4.61. The van der Waals surface area contributed by atoms with Gasteiger partial charge in [-0.2, -0.15) is 18.3 Å². The molecule has 1 atom stereocenters. The van der Waals surface area contributed by atoms with Crippen LogP contribution >= 0.6 is 0 Å². The van der Waals surface area contributed by atoms with Crippen LogP contribution in [0.25, 0.3) is 0 Å². The number of aromatic nitrogens is 2. The molecule has 24 heavy (non-hydrogen) atoms. The average molecular weight is 348 g/mol. The van der Waals surface area contributed by atoms with Gasteiger partial charge in [0, 0.05) is 26.2 Å². The van der Waals surface area contributed by atoms with Gasteiger partial charge < -0.3 is 10.0 Å². The lowest BCUT2D eigenvalue weighted by Gasteiger charge is -2.34. The molecule has 1 aliphatic rings. The fourth-order valence-corrected chi connectivity index (χ4v) is 2.90. The molecule has 6 nitrogen and oxygen atoms in total. The van der Waals surface area contributed by atoms with Gasteiger partial charge in [-0.05, 0) is 25.2 Å². The summed E-state index contributed by atoms with van der Waals surface area (Å²) in [5.41, 5.74) is 0.877. The van der Waals surface area contributed by atoms with Gasteiger partial charge in [-0.1, -0.05) is 13.3 Å². The van der Waals surface area contributed by atoms with E-state index in [1.54, 1.807) is 17.8 Å². The second-order valence-corrected chi connectivity index (χ2v) is 6.14. The highest BCUT2D eigenvalue weighted by molar-refractivity contribution is 5.88. The number of aliphatic hydroxyl groups is 1. The summed E-state index contributed by atoms with van der Waals surface area (Å²) in [5, 5.41) is 16.3. The molecule has 0 radical (unpaired) electrons. The monoisotopic (exact) mass is 348 g/mol. The number of urea groups is 1. The lowest BCUT2D eigenvalue weighted by molar-refractivity contribution is -0.222. The molecule has 1 aliphatic heterocycles. The predicted molar refractivity (Wildman–Crippen MR) is 82.6 cm³/mol. The maximum absolute atomic E-state index is 12.5. The Bertz CT molecular complexity index is 566. The van der Waals surface area contributed by atoms with Crippen molar-refractivity contribution in [1.82, 2.24) is 14.7 Å². The Labute approximate surface area is 138 Å². The first-order valence-corrected chi connectivity index (χ1v) is 8.06. The van der Waals surface area contributed by atoms with Gasteiger partial charge in [0.25, 0.3) is 0 Å². The molecule has 2 rings (SSSR count). The normalized spacial score (nSPS) is 17.8. The number of likely N-dealkylation sites (tertiary alicyclic amines) is 1. The number of aryl methyl sites for hydroxylation is 2. The minimum absolute atomic E-state index is 0.126. The number of aliphatic hydroxyl groups excluding tert-OH is 1. The van der Waals surface area contributed by atoms with Crippen molar-refractivity contribution >= 4 is 11.8 Å². The average Bonchev–Trinajstić information content (AvgIpc) is 2.86. The number of hydrogen-bond donors (Lipinski definition) is 2. The summed E-state index contributed by atoms with van der Waals surface area (Å²) < 4.78 is 39.2. The molecule has 0 saturated carbocycles. The fourth-order valence-electron chi connectivity index (χ4n) is 2.90. The summed E-state index contributed by atoms with van der Waals surface area (Å²) in [6.07, 6.45) is -4.93. The Hall–Kier alpha value is -1.77. The van der Waals surface area contributed by atoms with Gasteiger partial charge in [0.05, 0.1) is 5.69 Å². The van der Waals surface area contributed by atoms with E-state index in [-0.39, 0.29) is 32.0 Å². The first-order valence-electron chi connectivity index (χ1n) is 8.06. The second kappa shape index (κ2) is 7.42. The van der Waals surface area contributed by atoms with Crippen LogP contribution in [0.5, 0.6) is 0 Å². The van der Waals surface area contributed by atoms with E-state index in [4.69, 9.17) is 0 Å². The van der Waals surface area contributed by atoms with E-state index in [0.717, 1.165) is 18.5 Å². The van der Waals surface area contributed by atoms with Crippen LogP contribution in [-0.4, -0.2) is 51.2 Å². The number of alkyl halides is 3. The van der Waals surface area contributed by atoms with Crippen LogP contribution in [-0.2, 0) is 13.5 Å². The number of amides is 2. The van der Waals surface area contributed by atoms with Crippen LogP contribution in [0.4, 0.5) is 23.8 Å². The molecule has 0 aliphatic carbocycles. The largest absolute Gasteiger partial charge is 0.414 e. The first kappa shape index (κ1) is 18.6. The van der Waals surface area contributed by atoms with E-state index in [2.05, 4.69) is 10.4 Å². The summed E-state index contributed by atoms with van der Waals surface area (Å²) in [6, 6.07) is 1.43. The molecule has 1 saturated heterocycles. The predicted octanol–water partition coefficient (Wildman–Crippen LogP) is 2.54. The lowest BCUT2D eigenvalue weighted by Crippen LogP contribution is -2.46. The van der Waals surface area contributed by atoms with Gasteiger partial charge in [0.15, 0.2) is 6.10 Å². The van der Waals surface area contributed by atoms with Gasteiger partial charge in [-0.3, -0.25) is 10.00 Å².